The number of carboxylic acid groups (broad SMARTS) is 1. The predicted molar refractivity (Wildman–Crippen MR) is 92.0 cm³/mol. The van der Waals surface area contributed by atoms with Gasteiger partial charge in [0.05, 0.1) is 10.4 Å². The van der Waals surface area contributed by atoms with Crippen molar-refractivity contribution >= 4 is 16.1 Å². The Labute approximate surface area is 143 Å². The predicted octanol–water partition coefficient (Wildman–Crippen LogP) is 3.53. The lowest BCUT2D eigenvalue weighted by Gasteiger charge is -2.48. The van der Waals surface area contributed by atoms with Crippen molar-refractivity contribution in [1.29, 1.82) is 0 Å². The summed E-state index contributed by atoms with van der Waals surface area (Å²) in [5.74, 6) is 0. The molecule has 0 radical (unpaired) electrons. The number of benzene rings is 1. The third-order valence-electron chi connectivity index (χ3n) is 4.99. The van der Waals surface area contributed by atoms with Gasteiger partial charge in [-0.05, 0) is 37.3 Å². The number of nitrogens with zero attached hydrogens (tertiary/aromatic N) is 1. The Morgan fingerprint density at radius 2 is 1.67 bits per heavy atom. The molecule has 24 heavy (non-hydrogen) atoms. The van der Waals surface area contributed by atoms with Crippen molar-refractivity contribution in [2.75, 3.05) is 0 Å². The van der Waals surface area contributed by atoms with Crippen molar-refractivity contribution in [3.63, 3.8) is 0 Å². The maximum atomic E-state index is 12.7. The van der Waals surface area contributed by atoms with Crippen molar-refractivity contribution in [2.45, 2.75) is 63.8 Å². The van der Waals surface area contributed by atoms with Gasteiger partial charge in [-0.2, -0.15) is 0 Å². The van der Waals surface area contributed by atoms with E-state index in [9.17, 15) is 18.3 Å². The lowest BCUT2D eigenvalue weighted by atomic mass is 9.72. The number of sulfonamides is 1. The molecule has 1 aromatic carbocycles. The van der Waals surface area contributed by atoms with Crippen LogP contribution in [0.2, 0.25) is 0 Å². The first-order valence-electron chi connectivity index (χ1n) is 8.12. The lowest BCUT2D eigenvalue weighted by molar-refractivity contribution is -0.00827. The molecule has 0 heterocycles. The molecule has 2 N–H and O–H groups in total. The van der Waals surface area contributed by atoms with Gasteiger partial charge in [-0.15, -0.1) is 4.83 Å². The van der Waals surface area contributed by atoms with E-state index in [2.05, 4.69) is 4.83 Å². The maximum Gasteiger partial charge on any atom is 0.423 e. The van der Waals surface area contributed by atoms with Crippen LogP contribution in [-0.2, 0) is 10.0 Å². The van der Waals surface area contributed by atoms with Crippen LogP contribution in [0.15, 0.2) is 29.2 Å². The highest BCUT2D eigenvalue weighted by Crippen LogP contribution is 2.47. The Balaban J connectivity index is 2.41. The van der Waals surface area contributed by atoms with Crippen LogP contribution in [0.1, 0.15) is 52.0 Å². The number of carbonyl (C=O) groups is 1. The van der Waals surface area contributed by atoms with Crippen LogP contribution in [0.5, 0.6) is 0 Å². The summed E-state index contributed by atoms with van der Waals surface area (Å²) in [7, 11) is -3.96. The van der Waals surface area contributed by atoms with E-state index in [1.807, 2.05) is 27.7 Å². The van der Waals surface area contributed by atoms with Gasteiger partial charge in [0, 0.05) is 0 Å². The molecule has 0 spiro atoms. The van der Waals surface area contributed by atoms with Gasteiger partial charge in [0.15, 0.2) is 0 Å². The minimum Gasteiger partial charge on any atom is -0.464 e. The zero-order chi connectivity index (χ0) is 18.2. The molecular formula is C17H26N2O4S. The average molecular weight is 354 g/mol. The van der Waals surface area contributed by atoms with Crippen LogP contribution in [0.3, 0.4) is 0 Å². The number of aryl methyl sites for hydroxylation is 1. The summed E-state index contributed by atoms with van der Waals surface area (Å²) < 4.78 is 25.3. The maximum absolute atomic E-state index is 12.7. The second-order valence-corrected chi connectivity index (χ2v) is 9.18. The fraction of sp³-hybridized carbons (Fsp3) is 0.588. The van der Waals surface area contributed by atoms with E-state index < -0.39 is 27.1 Å². The van der Waals surface area contributed by atoms with Gasteiger partial charge in [0.1, 0.15) is 0 Å². The Morgan fingerprint density at radius 1 is 1.17 bits per heavy atom. The number of hydrogen-bond donors (Lipinski definition) is 2. The molecule has 6 nitrogen and oxygen atoms in total. The molecule has 134 valence electrons. The molecular weight excluding hydrogens is 328 g/mol. The van der Waals surface area contributed by atoms with E-state index in [0.29, 0.717) is 12.8 Å². The lowest BCUT2D eigenvalue weighted by Crippen LogP contribution is -2.63. The average Bonchev–Trinajstić information content (AvgIpc) is 2.95. The van der Waals surface area contributed by atoms with E-state index in [0.717, 1.165) is 23.4 Å². The smallest absolute Gasteiger partial charge is 0.423 e. The van der Waals surface area contributed by atoms with Gasteiger partial charge >= 0.3 is 6.09 Å². The standard InChI is InChI=1S/C17H26N2O4S/c1-13-7-9-14(10-8-13)24(22,23)18-19(15(20)21)17(16(2,3)4)11-5-6-12-17/h7-10,18H,5-6,11-12H2,1-4H3,(H,20,21). The summed E-state index contributed by atoms with van der Waals surface area (Å²) in [5.41, 5.74) is -0.208. The van der Waals surface area contributed by atoms with E-state index in [1.165, 1.54) is 12.1 Å². The van der Waals surface area contributed by atoms with E-state index in [4.69, 9.17) is 0 Å². The Bertz CT molecular complexity index is 699. The van der Waals surface area contributed by atoms with Crippen LogP contribution in [0, 0.1) is 12.3 Å². The second-order valence-electron chi connectivity index (χ2n) is 7.51. The molecule has 0 bridgehead atoms. The van der Waals surface area contributed by atoms with E-state index >= 15 is 0 Å². The number of hydrogen-bond acceptors (Lipinski definition) is 3. The quantitative estimate of drug-likeness (QED) is 0.810. The van der Waals surface area contributed by atoms with E-state index in [1.54, 1.807) is 12.1 Å². The zero-order valence-electron chi connectivity index (χ0n) is 14.7. The normalized spacial score (nSPS) is 17.7. The molecule has 1 amide bonds. The first kappa shape index (κ1) is 18.7. The monoisotopic (exact) mass is 354 g/mol. The summed E-state index contributed by atoms with van der Waals surface area (Å²) in [5, 5.41) is 10.6. The highest BCUT2D eigenvalue weighted by Gasteiger charge is 2.52. The number of hydrazine groups is 1. The molecule has 0 saturated heterocycles. The summed E-state index contributed by atoms with van der Waals surface area (Å²) in [6, 6.07) is 6.34. The highest BCUT2D eigenvalue weighted by molar-refractivity contribution is 7.89. The second kappa shape index (κ2) is 6.37. The molecule has 1 aliphatic rings. The summed E-state index contributed by atoms with van der Waals surface area (Å²) in [6.07, 6.45) is 1.77. The first-order valence-corrected chi connectivity index (χ1v) is 9.60. The summed E-state index contributed by atoms with van der Waals surface area (Å²) in [6.45, 7) is 7.72. The molecule has 1 saturated carbocycles. The largest absolute Gasteiger partial charge is 0.464 e. The Kier molecular flexibility index (Phi) is 4.97. The van der Waals surface area contributed by atoms with Gasteiger partial charge < -0.3 is 5.11 Å². The summed E-state index contributed by atoms with van der Waals surface area (Å²) in [4.78, 5) is 14.3. The fourth-order valence-corrected chi connectivity index (χ4v) is 4.56. The SMILES string of the molecule is Cc1ccc(S(=O)(=O)NN(C(=O)O)C2(C(C)(C)C)CCCC2)cc1. The number of nitrogens with one attached hydrogen (secondary N) is 1. The molecule has 7 heteroatoms. The number of rotatable bonds is 4. The van der Waals surface area contributed by atoms with Crippen LogP contribution >= 0.6 is 0 Å². The molecule has 0 aliphatic heterocycles. The van der Waals surface area contributed by atoms with Crippen molar-refractivity contribution in [3.05, 3.63) is 29.8 Å². The molecule has 0 atom stereocenters. The molecule has 0 unspecified atom stereocenters. The van der Waals surface area contributed by atoms with Crippen LogP contribution in [0.4, 0.5) is 4.79 Å². The van der Waals surface area contributed by atoms with Crippen LogP contribution in [0.25, 0.3) is 0 Å². The van der Waals surface area contributed by atoms with Gasteiger partial charge in [0.2, 0.25) is 0 Å². The Hall–Kier alpha value is -1.60. The minimum atomic E-state index is -3.96. The van der Waals surface area contributed by atoms with Crippen LogP contribution in [-0.4, -0.2) is 30.2 Å². The molecule has 0 aromatic heterocycles. The van der Waals surface area contributed by atoms with Crippen LogP contribution < -0.4 is 4.83 Å². The molecule has 1 aromatic rings. The van der Waals surface area contributed by atoms with E-state index in [-0.39, 0.29) is 4.90 Å². The van der Waals surface area contributed by atoms with Crippen molar-refractivity contribution in [1.82, 2.24) is 9.84 Å². The fourth-order valence-electron chi connectivity index (χ4n) is 3.47. The van der Waals surface area contributed by atoms with Gasteiger partial charge in [-0.3, -0.25) is 0 Å². The third kappa shape index (κ3) is 3.42. The third-order valence-corrected chi connectivity index (χ3v) is 6.30. The Morgan fingerprint density at radius 3 is 2.08 bits per heavy atom. The van der Waals surface area contributed by atoms with Gasteiger partial charge in [0.25, 0.3) is 10.0 Å². The number of amides is 1. The highest BCUT2D eigenvalue weighted by atomic mass is 32.2. The minimum absolute atomic E-state index is 0.0569. The van der Waals surface area contributed by atoms with Gasteiger partial charge in [-0.25, -0.2) is 18.2 Å². The van der Waals surface area contributed by atoms with Crippen molar-refractivity contribution < 1.29 is 18.3 Å². The van der Waals surface area contributed by atoms with Crippen molar-refractivity contribution in [3.8, 4) is 0 Å². The van der Waals surface area contributed by atoms with Gasteiger partial charge in [-0.1, -0.05) is 51.3 Å². The van der Waals surface area contributed by atoms with Crippen molar-refractivity contribution in [2.24, 2.45) is 5.41 Å². The summed E-state index contributed by atoms with van der Waals surface area (Å²) >= 11 is 0. The molecule has 1 aliphatic carbocycles. The zero-order valence-corrected chi connectivity index (χ0v) is 15.5. The topological polar surface area (TPSA) is 86.7 Å². The first-order chi connectivity index (χ1) is 11.0. The molecule has 1 fully saturated rings. The molecule has 2 rings (SSSR count).